The van der Waals surface area contributed by atoms with Gasteiger partial charge >= 0.3 is 0 Å². The molecule has 1 saturated heterocycles. The summed E-state index contributed by atoms with van der Waals surface area (Å²) in [5.41, 5.74) is 2.46. The molecule has 6 nitrogen and oxygen atoms in total. The number of hydrogen-bond donors (Lipinski definition) is 1. The maximum atomic E-state index is 13.1. The van der Waals surface area contributed by atoms with Gasteiger partial charge in [0.25, 0.3) is 0 Å². The Kier molecular flexibility index (Phi) is 6.12. The fourth-order valence-electron chi connectivity index (χ4n) is 8.95. The second-order valence-electron chi connectivity index (χ2n) is 12.1. The Bertz CT molecular complexity index is 834. The van der Waals surface area contributed by atoms with Gasteiger partial charge in [-0.15, -0.1) is 0 Å². The topological polar surface area (TPSA) is 72.3 Å². The maximum absolute atomic E-state index is 13.1. The summed E-state index contributed by atoms with van der Waals surface area (Å²) in [7, 11) is 1.68. The van der Waals surface area contributed by atoms with Gasteiger partial charge in [0.2, 0.25) is 0 Å². The molecule has 0 bridgehead atoms. The van der Waals surface area contributed by atoms with Crippen LogP contribution in [-0.2, 0) is 14.5 Å². The molecular weight excluding hydrogens is 414 g/mol. The molecule has 0 radical (unpaired) electrons. The number of fused-ring (bicyclic) bond motifs is 5. The van der Waals surface area contributed by atoms with Crippen LogP contribution in [0, 0.1) is 46.3 Å². The molecule has 0 spiro atoms. The number of carbonyl (C=O) groups is 1. The Morgan fingerprint density at radius 2 is 1.94 bits per heavy atom. The summed E-state index contributed by atoms with van der Waals surface area (Å²) in [4.78, 5) is 24.6. The first-order valence-corrected chi connectivity index (χ1v) is 13.4. The number of ketones is 1. The largest absolute Gasteiger partial charge is 0.399 e. The predicted molar refractivity (Wildman–Crippen MR) is 130 cm³/mol. The minimum Gasteiger partial charge on any atom is -0.399 e. The smallest absolute Gasteiger partial charge is 0.141 e. The lowest BCUT2D eigenvalue weighted by Gasteiger charge is -2.61. The van der Waals surface area contributed by atoms with E-state index < -0.39 is 0 Å². The monoisotopic (exact) mass is 457 g/mol. The molecule has 0 aromatic rings. The molecule has 1 N–H and O–H groups in total. The highest BCUT2D eigenvalue weighted by Crippen LogP contribution is 2.66. The molecule has 33 heavy (non-hydrogen) atoms. The van der Waals surface area contributed by atoms with Gasteiger partial charge in [-0.05, 0) is 74.7 Å². The Labute approximate surface area is 199 Å². The van der Waals surface area contributed by atoms with E-state index in [4.69, 9.17) is 14.8 Å². The van der Waals surface area contributed by atoms with Gasteiger partial charge in [0, 0.05) is 36.1 Å². The van der Waals surface area contributed by atoms with Crippen LogP contribution >= 0.6 is 0 Å². The Morgan fingerprint density at radius 3 is 2.64 bits per heavy atom. The van der Waals surface area contributed by atoms with Crippen LogP contribution in [-0.4, -0.2) is 43.5 Å². The molecule has 0 aromatic carbocycles. The van der Waals surface area contributed by atoms with Crippen LogP contribution < -0.4 is 5.32 Å². The van der Waals surface area contributed by atoms with Gasteiger partial charge in [0.15, 0.2) is 0 Å². The molecule has 5 fully saturated rings. The lowest BCUT2D eigenvalue weighted by Crippen LogP contribution is -2.59. The van der Waals surface area contributed by atoms with Gasteiger partial charge in [0.05, 0.1) is 11.4 Å². The average molecular weight is 458 g/mol. The first-order valence-electron chi connectivity index (χ1n) is 13.4. The molecule has 0 aromatic heterocycles. The highest BCUT2D eigenvalue weighted by molar-refractivity contribution is 5.97. The molecule has 0 amide bonds. The van der Waals surface area contributed by atoms with Crippen molar-refractivity contribution in [3.63, 3.8) is 0 Å². The Balaban J connectivity index is 1.47. The van der Waals surface area contributed by atoms with Crippen molar-refractivity contribution in [3.05, 3.63) is 0 Å². The van der Waals surface area contributed by atoms with Crippen LogP contribution in [0.25, 0.3) is 0 Å². The molecule has 5 aliphatic rings. The Hall–Kier alpha value is -1.43. The number of nitrogens with one attached hydrogen (secondary N) is 1. The molecule has 5 rings (SSSR count). The number of nitrogens with zero attached hydrogens (tertiary/aromatic N) is 2. The molecule has 6 unspecified atom stereocenters. The zero-order valence-corrected chi connectivity index (χ0v) is 21.2. The predicted octanol–water partition coefficient (Wildman–Crippen LogP) is 4.83. The number of carbonyl (C=O) groups excluding carboxylic acids is 1. The zero-order valence-electron chi connectivity index (χ0n) is 21.2. The highest BCUT2D eigenvalue weighted by Gasteiger charge is 2.64. The van der Waals surface area contributed by atoms with Gasteiger partial charge in [-0.25, -0.2) is 0 Å². The van der Waals surface area contributed by atoms with E-state index in [9.17, 15) is 4.79 Å². The van der Waals surface area contributed by atoms with Crippen molar-refractivity contribution in [2.45, 2.75) is 85.2 Å². The Morgan fingerprint density at radius 1 is 1.12 bits per heavy atom. The normalized spacial score (nSPS) is 49.6. The van der Waals surface area contributed by atoms with Crippen LogP contribution in [0.1, 0.15) is 79.1 Å². The number of oxime groups is 2. The van der Waals surface area contributed by atoms with E-state index in [2.05, 4.69) is 38.2 Å². The van der Waals surface area contributed by atoms with Crippen LogP contribution in [0.15, 0.2) is 10.3 Å². The molecule has 9 atom stereocenters. The van der Waals surface area contributed by atoms with Crippen LogP contribution in [0.3, 0.4) is 0 Å². The van der Waals surface area contributed by atoms with Crippen molar-refractivity contribution >= 4 is 17.2 Å². The van der Waals surface area contributed by atoms with E-state index >= 15 is 0 Å². The first kappa shape index (κ1) is 23.3. The quantitative estimate of drug-likeness (QED) is 0.614. The SMILES string of the molecule is CC[C@H]1C(=NOC2CCNC2)CC[C@]2(C)C3CC[C@]4(C)C(=O)C(C)CC4C3CC(=NOC)C12. The fourth-order valence-corrected chi connectivity index (χ4v) is 8.95. The summed E-state index contributed by atoms with van der Waals surface area (Å²) in [6, 6.07) is 0. The zero-order chi connectivity index (χ0) is 23.4. The van der Waals surface area contributed by atoms with Gasteiger partial charge in [0.1, 0.15) is 19.0 Å². The second kappa shape index (κ2) is 8.66. The number of Topliss-reactive ketones (excluding diaryl/α,β-unsaturated/α-hetero) is 1. The van der Waals surface area contributed by atoms with Crippen molar-refractivity contribution in [2.75, 3.05) is 20.2 Å². The van der Waals surface area contributed by atoms with Crippen LogP contribution in [0.2, 0.25) is 0 Å². The number of rotatable bonds is 4. The van der Waals surface area contributed by atoms with E-state index in [0.29, 0.717) is 35.4 Å². The lowest BCUT2D eigenvalue weighted by molar-refractivity contribution is -0.135. The third-order valence-corrected chi connectivity index (χ3v) is 10.5. The summed E-state index contributed by atoms with van der Waals surface area (Å²) in [5.74, 6) is 3.06. The van der Waals surface area contributed by atoms with Crippen LogP contribution in [0.5, 0.6) is 0 Å². The van der Waals surface area contributed by atoms with E-state index in [1.807, 2.05) is 0 Å². The van der Waals surface area contributed by atoms with Gasteiger partial charge < -0.3 is 15.0 Å². The van der Waals surface area contributed by atoms with Gasteiger partial charge in [-0.1, -0.05) is 38.0 Å². The van der Waals surface area contributed by atoms with Crippen molar-refractivity contribution in [1.82, 2.24) is 5.32 Å². The summed E-state index contributed by atoms with van der Waals surface area (Å²) >= 11 is 0. The summed E-state index contributed by atoms with van der Waals surface area (Å²) < 4.78 is 0. The molecule has 4 aliphatic carbocycles. The minimum absolute atomic E-state index is 0.142. The third-order valence-electron chi connectivity index (χ3n) is 10.5. The van der Waals surface area contributed by atoms with Crippen molar-refractivity contribution in [2.24, 2.45) is 56.6 Å². The van der Waals surface area contributed by atoms with Crippen molar-refractivity contribution in [1.29, 1.82) is 0 Å². The lowest BCUT2D eigenvalue weighted by atomic mass is 9.43. The summed E-state index contributed by atoms with van der Waals surface area (Å²) in [5, 5.41) is 12.8. The standard InChI is InChI=1S/C27H43N3O3/c1-6-18-22(30-33-17-9-12-28-15-17)8-11-26(3)20-7-10-27(4)21(13-16(2)25(27)31)19(20)14-23(24(18)26)29-32-5/h16-21,24,28H,6-15H2,1-5H3/t16?,17?,18-,19?,20?,21?,24?,26+,27-/m0/s1. The van der Waals surface area contributed by atoms with E-state index in [0.717, 1.165) is 64.5 Å². The first-order chi connectivity index (χ1) is 15.8. The third kappa shape index (κ3) is 3.57. The average Bonchev–Trinajstić information content (AvgIpc) is 3.40. The van der Waals surface area contributed by atoms with Crippen molar-refractivity contribution < 1.29 is 14.5 Å². The van der Waals surface area contributed by atoms with Crippen LogP contribution in [0.4, 0.5) is 0 Å². The highest BCUT2D eigenvalue weighted by atomic mass is 16.6. The molecule has 1 heterocycles. The summed E-state index contributed by atoms with van der Waals surface area (Å²) in [6.07, 6.45) is 8.63. The number of hydrogen-bond acceptors (Lipinski definition) is 6. The maximum Gasteiger partial charge on any atom is 0.141 e. The van der Waals surface area contributed by atoms with E-state index in [-0.39, 0.29) is 22.9 Å². The molecule has 1 aliphatic heterocycles. The second-order valence-corrected chi connectivity index (χ2v) is 12.1. The molecule has 6 heteroatoms. The van der Waals surface area contributed by atoms with Gasteiger partial charge in [-0.2, -0.15) is 0 Å². The molecular formula is C27H43N3O3. The van der Waals surface area contributed by atoms with E-state index in [1.54, 1.807) is 7.11 Å². The fraction of sp³-hybridized carbons (Fsp3) is 0.889. The molecule has 184 valence electrons. The van der Waals surface area contributed by atoms with E-state index in [1.165, 1.54) is 11.4 Å². The minimum atomic E-state index is -0.142. The summed E-state index contributed by atoms with van der Waals surface area (Å²) in [6.45, 7) is 11.1. The van der Waals surface area contributed by atoms with Crippen molar-refractivity contribution in [3.8, 4) is 0 Å². The molecule has 4 saturated carbocycles. The van der Waals surface area contributed by atoms with Gasteiger partial charge in [-0.3, -0.25) is 4.79 Å².